The van der Waals surface area contributed by atoms with E-state index < -0.39 is 23.7 Å². The summed E-state index contributed by atoms with van der Waals surface area (Å²) in [6.45, 7) is 0.182. The zero-order chi connectivity index (χ0) is 13.3. The highest BCUT2D eigenvalue weighted by molar-refractivity contribution is 9.10. The maximum Gasteiger partial charge on any atom is 0.418 e. The van der Waals surface area contributed by atoms with Crippen molar-refractivity contribution in [1.82, 2.24) is 0 Å². The van der Waals surface area contributed by atoms with Crippen molar-refractivity contribution in [3.63, 3.8) is 0 Å². The number of hydrogen-bond acceptors (Lipinski definition) is 2. The Balaban J connectivity index is 2.23. The highest BCUT2D eigenvalue weighted by atomic mass is 79.9. The molecule has 1 aromatic carbocycles. The molecule has 0 saturated carbocycles. The topological polar surface area (TPSA) is 21.8 Å². The van der Waals surface area contributed by atoms with E-state index in [0.717, 1.165) is 12.1 Å². The van der Waals surface area contributed by atoms with Crippen LogP contribution in [0, 0.1) is 5.82 Å². The van der Waals surface area contributed by atoms with Gasteiger partial charge in [0.25, 0.3) is 0 Å². The first-order chi connectivity index (χ1) is 8.38. The Bertz CT molecular complexity index is 432. The fourth-order valence-electron chi connectivity index (χ4n) is 1.44. The van der Waals surface area contributed by atoms with Gasteiger partial charge in [0.05, 0.1) is 13.2 Å². The Labute approximate surface area is 109 Å². The minimum absolute atomic E-state index is 0.198. The monoisotopic (exact) mass is 328 g/mol. The van der Waals surface area contributed by atoms with E-state index in [1.165, 1.54) is 6.07 Å². The quantitative estimate of drug-likeness (QED) is 0.622. The number of benzene rings is 1. The third-order valence-corrected chi connectivity index (χ3v) is 2.88. The molecule has 0 bridgehead atoms. The van der Waals surface area contributed by atoms with Crippen molar-refractivity contribution in [2.24, 2.45) is 0 Å². The van der Waals surface area contributed by atoms with Crippen molar-refractivity contribution in [2.45, 2.75) is 18.4 Å². The molecule has 0 amide bonds. The minimum Gasteiger partial charge on any atom is -0.371 e. The molecule has 1 aliphatic rings. The van der Waals surface area contributed by atoms with Gasteiger partial charge in [0.2, 0.25) is 0 Å². The van der Waals surface area contributed by atoms with Gasteiger partial charge < -0.3 is 9.47 Å². The van der Waals surface area contributed by atoms with Gasteiger partial charge in [-0.25, -0.2) is 4.39 Å². The Morgan fingerprint density at radius 3 is 2.67 bits per heavy atom. The predicted octanol–water partition coefficient (Wildman–Crippen LogP) is 3.61. The van der Waals surface area contributed by atoms with E-state index in [9.17, 15) is 17.6 Å². The Morgan fingerprint density at radius 2 is 2.11 bits per heavy atom. The summed E-state index contributed by atoms with van der Waals surface area (Å²) < 4.78 is 61.8. The van der Waals surface area contributed by atoms with Crippen molar-refractivity contribution >= 4 is 15.9 Å². The molecule has 1 heterocycles. The molecule has 0 N–H and O–H groups in total. The van der Waals surface area contributed by atoms with E-state index in [4.69, 9.17) is 9.47 Å². The summed E-state index contributed by atoms with van der Waals surface area (Å²) in [7, 11) is 0. The van der Waals surface area contributed by atoms with Crippen molar-refractivity contribution in [2.75, 3.05) is 13.2 Å². The molecular formula is C11H9BrF4O2. The standard InChI is InChI=1S/C11H9BrF4O2/c12-6-1-2-9(13)8(3-6)10(11(14,15)16)18-5-7-4-17-7/h1-3,7,10H,4-5H2/t7-,10-/m0/s1. The number of halogens is 5. The smallest absolute Gasteiger partial charge is 0.371 e. The van der Waals surface area contributed by atoms with Crippen LogP contribution in [0.25, 0.3) is 0 Å². The fourth-order valence-corrected chi connectivity index (χ4v) is 1.82. The average Bonchev–Trinajstić information content (AvgIpc) is 3.05. The van der Waals surface area contributed by atoms with E-state index in [1.807, 2.05) is 0 Å². The second-order valence-corrected chi connectivity index (χ2v) is 4.79. The number of rotatable bonds is 4. The lowest BCUT2D eigenvalue weighted by Gasteiger charge is -2.21. The zero-order valence-corrected chi connectivity index (χ0v) is 10.6. The summed E-state index contributed by atoms with van der Waals surface area (Å²) in [5.74, 6) is -0.947. The first kappa shape index (κ1) is 13.8. The SMILES string of the molecule is Fc1ccc(Br)cc1[C@H](OC[C@@H]1CO1)C(F)(F)F. The fraction of sp³-hybridized carbons (Fsp3) is 0.455. The van der Waals surface area contributed by atoms with E-state index in [2.05, 4.69) is 15.9 Å². The molecule has 0 aromatic heterocycles. The molecule has 2 atom stereocenters. The molecule has 0 radical (unpaired) electrons. The molecule has 1 fully saturated rings. The Hall–Kier alpha value is -0.660. The molecule has 18 heavy (non-hydrogen) atoms. The Kier molecular flexibility index (Phi) is 3.93. The third kappa shape index (κ3) is 3.43. The van der Waals surface area contributed by atoms with Crippen molar-refractivity contribution < 1.29 is 27.0 Å². The summed E-state index contributed by atoms with van der Waals surface area (Å²) in [6, 6.07) is 3.37. The van der Waals surface area contributed by atoms with Gasteiger partial charge in [0, 0.05) is 10.0 Å². The number of ether oxygens (including phenoxy) is 2. The summed E-state index contributed by atoms with van der Waals surface area (Å²) >= 11 is 3.01. The maximum atomic E-state index is 13.5. The molecule has 7 heteroatoms. The first-order valence-electron chi connectivity index (χ1n) is 5.13. The van der Waals surface area contributed by atoms with Crippen LogP contribution in [0.2, 0.25) is 0 Å². The van der Waals surface area contributed by atoms with Crippen LogP contribution < -0.4 is 0 Å². The Morgan fingerprint density at radius 1 is 1.44 bits per heavy atom. The van der Waals surface area contributed by atoms with Gasteiger partial charge in [-0.15, -0.1) is 0 Å². The van der Waals surface area contributed by atoms with E-state index in [-0.39, 0.29) is 12.7 Å². The van der Waals surface area contributed by atoms with E-state index in [0.29, 0.717) is 11.1 Å². The van der Waals surface area contributed by atoms with Crippen LogP contribution >= 0.6 is 15.9 Å². The van der Waals surface area contributed by atoms with Crippen LogP contribution in [-0.4, -0.2) is 25.5 Å². The molecule has 0 spiro atoms. The average molecular weight is 329 g/mol. The van der Waals surface area contributed by atoms with Gasteiger partial charge in [0.1, 0.15) is 11.9 Å². The lowest BCUT2D eigenvalue weighted by molar-refractivity contribution is -0.225. The number of epoxide rings is 1. The summed E-state index contributed by atoms with van der Waals surface area (Å²) in [4.78, 5) is 0. The highest BCUT2D eigenvalue weighted by Crippen LogP contribution is 2.38. The lowest BCUT2D eigenvalue weighted by Crippen LogP contribution is -2.26. The van der Waals surface area contributed by atoms with Crippen LogP contribution in [0.4, 0.5) is 17.6 Å². The largest absolute Gasteiger partial charge is 0.418 e. The van der Waals surface area contributed by atoms with E-state index >= 15 is 0 Å². The van der Waals surface area contributed by atoms with Crippen LogP contribution in [0.5, 0.6) is 0 Å². The summed E-state index contributed by atoms with van der Waals surface area (Å²) in [5, 5.41) is 0. The van der Waals surface area contributed by atoms with Crippen molar-refractivity contribution in [1.29, 1.82) is 0 Å². The molecule has 2 rings (SSSR count). The van der Waals surface area contributed by atoms with Gasteiger partial charge in [-0.2, -0.15) is 13.2 Å². The predicted molar refractivity (Wildman–Crippen MR) is 58.6 cm³/mol. The minimum atomic E-state index is -4.67. The zero-order valence-electron chi connectivity index (χ0n) is 9.01. The molecular weight excluding hydrogens is 320 g/mol. The highest BCUT2D eigenvalue weighted by Gasteiger charge is 2.44. The second kappa shape index (κ2) is 5.14. The molecule has 1 aliphatic heterocycles. The van der Waals surface area contributed by atoms with E-state index in [1.54, 1.807) is 0 Å². The van der Waals surface area contributed by atoms with Crippen LogP contribution in [0.3, 0.4) is 0 Å². The van der Waals surface area contributed by atoms with Gasteiger partial charge in [-0.05, 0) is 18.2 Å². The van der Waals surface area contributed by atoms with Crippen LogP contribution in [-0.2, 0) is 9.47 Å². The summed E-state index contributed by atoms with van der Waals surface area (Å²) in [5.41, 5.74) is -0.530. The normalized spacial score (nSPS) is 20.8. The molecule has 100 valence electrons. The molecule has 0 unspecified atom stereocenters. The maximum absolute atomic E-state index is 13.5. The van der Waals surface area contributed by atoms with Gasteiger partial charge in [-0.3, -0.25) is 0 Å². The number of alkyl halides is 3. The van der Waals surface area contributed by atoms with Crippen LogP contribution in [0.1, 0.15) is 11.7 Å². The number of hydrogen-bond donors (Lipinski definition) is 0. The lowest BCUT2D eigenvalue weighted by atomic mass is 10.1. The van der Waals surface area contributed by atoms with Crippen molar-refractivity contribution in [3.8, 4) is 0 Å². The summed E-state index contributed by atoms with van der Waals surface area (Å²) in [6.07, 6.45) is -7.26. The van der Waals surface area contributed by atoms with Gasteiger partial charge >= 0.3 is 6.18 Å². The van der Waals surface area contributed by atoms with Crippen molar-refractivity contribution in [3.05, 3.63) is 34.1 Å². The molecule has 1 aromatic rings. The molecule has 1 saturated heterocycles. The second-order valence-electron chi connectivity index (χ2n) is 3.88. The molecule has 2 nitrogen and oxygen atoms in total. The van der Waals surface area contributed by atoms with Gasteiger partial charge in [-0.1, -0.05) is 15.9 Å². The molecule has 0 aliphatic carbocycles. The van der Waals surface area contributed by atoms with Crippen LogP contribution in [0.15, 0.2) is 22.7 Å². The first-order valence-corrected chi connectivity index (χ1v) is 5.92. The third-order valence-electron chi connectivity index (χ3n) is 2.39. The van der Waals surface area contributed by atoms with Gasteiger partial charge in [0.15, 0.2) is 6.10 Å².